The quantitative estimate of drug-likeness (QED) is 0.790. The van der Waals surface area contributed by atoms with Crippen LogP contribution in [0.3, 0.4) is 0 Å². The van der Waals surface area contributed by atoms with E-state index >= 15 is 0 Å². The Labute approximate surface area is 162 Å². The number of amides is 2. The molecule has 2 saturated carbocycles. The third-order valence-electron chi connectivity index (χ3n) is 7.79. The molecule has 0 aromatic carbocycles. The molecule has 0 unspecified atom stereocenters. The molecule has 2 saturated heterocycles. The van der Waals surface area contributed by atoms with E-state index in [1.54, 1.807) is 0 Å². The molecule has 0 aromatic rings. The van der Waals surface area contributed by atoms with Crippen LogP contribution >= 0.6 is 0 Å². The Kier molecular flexibility index (Phi) is 5.90. The molecule has 0 bridgehead atoms. The molecular formula is C21H35N3O3. The third kappa shape index (κ3) is 4.10. The van der Waals surface area contributed by atoms with Gasteiger partial charge in [-0.2, -0.15) is 0 Å². The van der Waals surface area contributed by atoms with Crippen LogP contribution in [0.2, 0.25) is 0 Å². The molecule has 0 atom stereocenters. The summed E-state index contributed by atoms with van der Waals surface area (Å²) in [7, 11) is 0. The zero-order valence-electron chi connectivity index (χ0n) is 16.4. The van der Waals surface area contributed by atoms with E-state index in [2.05, 4.69) is 15.1 Å². The van der Waals surface area contributed by atoms with E-state index in [4.69, 9.17) is 0 Å². The zero-order valence-corrected chi connectivity index (χ0v) is 16.4. The molecule has 2 amide bonds. The smallest absolute Gasteiger partial charge is 0.320 e. The van der Waals surface area contributed by atoms with E-state index in [-0.39, 0.29) is 18.0 Å². The van der Waals surface area contributed by atoms with Gasteiger partial charge in [-0.1, -0.05) is 0 Å². The lowest BCUT2D eigenvalue weighted by molar-refractivity contribution is -0.143. The second kappa shape index (κ2) is 8.38. The van der Waals surface area contributed by atoms with Crippen molar-refractivity contribution in [2.24, 2.45) is 17.8 Å². The lowest BCUT2D eigenvalue weighted by Crippen LogP contribution is -2.45. The number of hydrogen-bond donors (Lipinski definition) is 2. The summed E-state index contributed by atoms with van der Waals surface area (Å²) in [5, 5.41) is 12.6. The van der Waals surface area contributed by atoms with Crippen LogP contribution in [-0.2, 0) is 4.79 Å². The van der Waals surface area contributed by atoms with E-state index in [9.17, 15) is 14.7 Å². The molecule has 2 aliphatic heterocycles. The molecule has 4 rings (SSSR count). The van der Waals surface area contributed by atoms with Gasteiger partial charge in [0.15, 0.2) is 0 Å². The van der Waals surface area contributed by atoms with E-state index in [0.717, 1.165) is 37.8 Å². The number of nitrogens with one attached hydrogen (secondary N) is 1. The zero-order chi connectivity index (χ0) is 18.8. The summed E-state index contributed by atoms with van der Waals surface area (Å²) in [5.74, 6) is 0.875. The number of aliphatic carboxylic acids is 1. The van der Waals surface area contributed by atoms with Crippen molar-refractivity contribution < 1.29 is 14.7 Å². The molecule has 152 valence electrons. The first-order valence-corrected chi connectivity index (χ1v) is 11.1. The van der Waals surface area contributed by atoms with E-state index in [1.165, 1.54) is 51.6 Å². The molecule has 4 fully saturated rings. The van der Waals surface area contributed by atoms with Crippen LogP contribution in [0, 0.1) is 17.8 Å². The van der Waals surface area contributed by atoms with Gasteiger partial charge in [-0.15, -0.1) is 0 Å². The van der Waals surface area contributed by atoms with Crippen molar-refractivity contribution in [3.63, 3.8) is 0 Å². The highest BCUT2D eigenvalue weighted by molar-refractivity contribution is 5.77. The normalized spacial score (nSPS) is 36.2. The van der Waals surface area contributed by atoms with Gasteiger partial charge in [-0.05, 0) is 89.1 Å². The van der Waals surface area contributed by atoms with Crippen molar-refractivity contribution in [2.45, 2.75) is 76.3 Å². The minimum absolute atomic E-state index is 0.208. The van der Waals surface area contributed by atoms with Crippen LogP contribution in [-0.4, -0.2) is 65.2 Å². The van der Waals surface area contributed by atoms with Crippen LogP contribution in [0.4, 0.5) is 4.79 Å². The van der Waals surface area contributed by atoms with Gasteiger partial charge in [0.1, 0.15) is 0 Å². The number of carboxylic acids is 1. The van der Waals surface area contributed by atoms with Crippen LogP contribution in [0.15, 0.2) is 0 Å². The molecule has 2 aliphatic carbocycles. The summed E-state index contributed by atoms with van der Waals surface area (Å²) in [6, 6.07) is 0.902. The minimum Gasteiger partial charge on any atom is -0.481 e. The van der Waals surface area contributed by atoms with Gasteiger partial charge in [0.2, 0.25) is 0 Å². The summed E-state index contributed by atoms with van der Waals surface area (Å²) in [4.78, 5) is 28.4. The first kappa shape index (κ1) is 19.0. The lowest BCUT2D eigenvalue weighted by atomic mass is 9.74. The number of carboxylic acid groups (broad SMARTS) is 1. The highest BCUT2D eigenvalue weighted by Gasteiger charge is 2.40. The molecule has 6 nitrogen and oxygen atoms in total. The van der Waals surface area contributed by atoms with Gasteiger partial charge >= 0.3 is 12.0 Å². The van der Waals surface area contributed by atoms with Gasteiger partial charge in [0.05, 0.1) is 5.92 Å². The van der Waals surface area contributed by atoms with Crippen molar-refractivity contribution in [2.75, 3.05) is 26.2 Å². The third-order valence-corrected chi connectivity index (χ3v) is 7.79. The fourth-order valence-electron chi connectivity index (χ4n) is 6.08. The Morgan fingerprint density at radius 3 is 1.78 bits per heavy atom. The number of hydrogen-bond acceptors (Lipinski definition) is 3. The van der Waals surface area contributed by atoms with Crippen LogP contribution in [0.1, 0.15) is 64.2 Å². The monoisotopic (exact) mass is 377 g/mol. The molecule has 0 radical (unpaired) electrons. The van der Waals surface area contributed by atoms with E-state index in [0.29, 0.717) is 18.9 Å². The average molecular weight is 378 g/mol. The molecule has 4 aliphatic rings. The van der Waals surface area contributed by atoms with Crippen molar-refractivity contribution in [1.82, 2.24) is 15.1 Å². The van der Waals surface area contributed by atoms with Gasteiger partial charge in [-0.25, -0.2) is 4.79 Å². The minimum atomic E-state index is -0.673. The van der Waals surface area contributed by atoms with Crippen LogP contribution < -0.4 is 5.32 Å². The fraction of sp³-hybridized carbons (Fsp3) is 0.905. The Morgan fingerprint density at radius 1 is 0.778 bits per heavy atom. The first-order valence-electron chi connectivity index (χ1n) is 11.1. The molecule has 0 aromatic heterocycles. The Morgan fingerprint density at radius 2 is 1.26 bits per heavy atom. The number of rotatable bonds is 4. The highest BCUT2D eigenvalue weighted by atomic mass is 16.4. The SMILES string of the molecule is O=C(O)C1CCC(N2CCN(C3CCC(C4CCNCC4)CC3)C2=O)CC1. The molecule has 0 spiro atoms. The second-order valence-electron chi connectivity index (χ2n) is 9.17. The summed E-state index contributed by atoms with van der Waals surface area (Å²) < 4.78 is 0. The molecule has 27 heavy (non-hydrogen) atoms. The molecule has 2 heterocycles. The van der Waals surface area contributed by atoms with Gasteiger partial charge < -0.3 is 20.2 Å². The summed E-state index contributed by atoms with van der Waals surface area (Å²) in [5.41, 5.74) is 0. The number of carbonyl (C=O) groups is 2. The van der Waals surface area contributed by atoms with E-state index in [1.807, 2.05) is 0 Å². The molecule has 6 heteroatoms. The van der Waals surface area contributed by atoms with Crippen molar-refractivity contribution in [3.8, 4) is 0 Å². The highest BCUT2D eigenvalue weighted by Crippen LogP contribution is 2.38. The molecule has 2 N–H and O–H groups in total. The summed E-state index contributed by atoms with van der Waals surface area (Å²) >= 11 is 0. The standard InChI is InChI=1S/C21H35N3O3/c25-20(26)17-3-7-19(8-4-17)24-14-13-23(21(24)27)18-5-1-15(2-6-18)16-9-11-22-12-10-16/h15-19,22H,1-14H2,(H,25,26). The van der Waals surface area contributed by atoms with Crippen LogP contribution in [0.25, 0.3) is 0 Å². The van der Waals surface area contributed by atoms with Crippen LogP contribution in [0.5, 0.6) is 0 Å². The largest absolute Gasteiger partial charge is 0.481 e. The Balaban J connectivity index is 1.26. The first-order chi connectivity index (χ1) is 13.1. The summed E-state index contributed by atoms with van der Waals surface area (Å²) in [6.45, 7) is 4.04. The number of piperidine rings is 1. The van der Waals surface area contributed by atoms with Crippen molar-refractivity contribution in [3.05, 3.63) is 0 Å². The maximum absolute atomic E-state index is 13.0. The number of carbonyl (C=O) groups excluding carboxylic acids is 1. The second-order valence-corrected chi connectivity index (χ2v) is 9.17. The topological polar surface area (TPSA) is 72.9 Å². The van der Waals surface area contributed by atoms with Gasteiger partial charge in [0, 0.05) is 25.2 Å². The number of urea groups is 1. The number of nitrogens with zero attached hydrogens (tertiary/aromatic N) is 2. The Bertz CT molecular complexity index is 533. The van der Waals surface area contributed by atoms with E-state index < -0.39 is 5.97 Å². The fourth-order valence-corrected chi connectivity index (χ4v) is 6.08. The maximum atomic E-state index is 13.0. The summed E-state index contributed by atoms with van der Waals surface area (Å²) in [6.07, 6.45) is 10.7. The Hall–Kier alpha value is -1.30. The predicted octanol–water partition coefficient (Wildman–Crippen LogP) is 2.93. The lowest BCUT2D eigenvalue weighted by Gasteiger charge is -2.39. The van der Waals surface area contributed by atoms with Crippen molar-refractivity contribution >= 4 is 12.0 Å². The van der Waals surface area contributed by atoms with Gasteiger partial charge in [-0.3, -0.25) is 4.79 Å². The average Bonchev–Trinajstić information content (AvgIpc) is 3.10. The predicted molar refractivity (Wildman–Crippen MR) is 104 cm³/mol. The molecular weight excluding hydrogens is 342 g/mol. The van der Waals surface area contributed by atoms with Gasteiger partial charge in [0.25, 0.3) is 0 Å². The maximum Gasteiger partial charge on any atom is 0.320 e. The van der Waals surface area contributed by atoms with Crippen molar-refractivity contribution in [1.29, 1.82) is 0 Å².